The fraction of sp³-hybridized carbons (Fsp3) is 0.700. The summed E-state index contributed by atoms with van der Waals surface area (Å²) in [6.45, 7) is 3.85. The Kier molecular flexibility index (Phi) is 12.8. The van der Waals surface area contributed by atoms with Gasteiger partial charge in [0.05, 0.1) is 12.6 Å². The van der Waals surface area contributed by atoms with Gasteiger partial charge in [0.15, 0.2) is 0 Å². The molecule has 0 unspecified atom stereocenters. The highest BCUT2D eigenvalue weighted by Crippen LogP contribution is 2.40. The maximum absolute atomic E-state index is 13.6. The molecule has 0 radical (unpaired) electrons. The van der Waals surface area contributed by atoms with Crippen LogP contribution < -0.4 is 21.3 Å². The number of hydrogen-bond acceptors (Lipinski definition) is 5. The number of alkyl carbamates (subject to hydrolysis) is 1. The number of ether oxygens (including phenoxy) is 1. The van der Waals surface area contributed by atoms with Crippen LogP contribution in [0.5, 0.6) is 0 Å². The molecule has 1 aromatic rings. The number of nitrogens with one attached hydrogen (secondary N) is 4. The highest BCUT2D eigenvalue weighted by atomic mass is 35.5. The smallest absolute Gasteiger partial charge is 0.406 e. The van der Waals surface area contributed by atoms with E-state index in [0.717, 1.165) is 31.4 Å². The molecule has 1 aliphatic heterocycles. The lowest BCUT2D eigenvalue weighted by Gasteiger charge is -2.46. The van der Waals surface area contributed by atoms with Crippen LogP contribution in [0.15, 0.2) is 24.3 Å². The van der Waals surface area contributed by atoms with Gasteiger partial charge in [-0.1, -0.05) is 55.8 Å². The number of carbonyl (C=O) groups excluding carboxylic acids is 3. The second kappa shape index (κ2) is 16.1. The number of methoxy groups -OCH3 is 1. The average Bonchev–Trinajstić information content (AvgIpc) is 2.95. The van der Waals surface area contributed by atoms with Crippen LogP contribution in [-0.4, -0.2) is 69.3 Å². The van der Waals surface area contributed by atoms with Gasteiger partial charge in [0.1, 0.15) is 0 Å². The first-order valence-electron chi connectivity index (χ1n) is 14.8. The van der Waals surface area contributed by atoms with Crippen LogP contribution >= 0.6 is 11.6 Å². The number of benzene rings is 1. The van der Waals surface area contributed by atoms with Gasteiger partial charge in [-0.2, -0.15) is 0 Å². The number of hydrogen-bond donors (Lipinski definition) is 4. The molecule has 1 aromatic carbocycles. The van der Waals surface area contributed by atoms with Crippen LogP contribution in [0.3, 0.4) is 0 Å². The van der Waals surface area contributed by atoms with E-state index in [9.17, 15) is 14.4 Å². The molecule has 2 aliphatic rings. The Hall–Kier alpha value is -2.52. The number of likely N-dealkylation sites (tertiary alicyclic amines) is 1. The molecule has 1 saturated heterocycles. The summed E-state index contributed by atoms with van der Waals surface area (Å²) >= 11 is 6.43. The van der Waals surface area contributed by atoms with E-state index in [2.05, 4.69) is 21.3 Å². The molecule has 3 rings (SSSR count). The summed E-state index contributed by atoms with van der Waals surface area (Å²) in [6, 6.07) is 7.63. The molecule has 0 bridgehead atoms. The predicted octanol–water partition coefficient (Wildman–Crippen LogP) is 4.79. The second-order valence-electron chi connectivity index (χ2n) is 11.4. The van der Waals surface area contributed by atoms with Gasteiger partial charge in [0.25, 0.3) is 0 Å². The maximum atomic E-state index is 13.6. The molecule has 1 heterocycles. The Bertz CT molecular complexity index is 973. The third kappa shape index (κ3) is 9.26. The van der Waals surface area contributed by atoms with Crippen molar-refractivity contribution in [3.05, 3.63) is 34.9 Å². The number of halogens is 1. The number of nitrogens with zero attached hydrogens (tertiary/aromatic N) is 1. The SMILES string of the molecule is CNC[C@H](CC1CCCCC1)NC(=O)N1CCC[C@@H]([C@](CCCNC(=O)OC)(NC(C)=O)c2cccc(Cl)c2)C1. The van der Waals surface area contributed by atoms with Crippen molar-refractivity contribution in [3.63, 3.8) is 0 Å². The molecule has 3 atom stereocenters. The van der Waals surface area contributed by atoms with Crippen molar-refractivity contribution in [2.24, 2.45) is 11.8 Å². The van der Waals surface area contributed by atoms with Crippen LogP contribution in [-0.2, 0) is 15.1 Å². The van der Waals surface area contributed by atoms with Crippen LogP contribution in [0.1, 0.15) is 76.7 Å². The van der Waals surface area contributed by atoms with E-state index in [1.165, 1.54) is 46.1 Å². The van der Waals surface area contributed by atoms with Gasteiger partial charge < -0.3 is 30.9 Å². The molecule has 224 valence electrons. The third-order valence-corrected chi connectivity index (χ3v) is 8.70. The number of piperidine rings is 1. The minimum atomic E-state index is -0.750. The Morgan fingerprint density at radius 3 is 2.60 bits per heavy atom. The lowest BCUT2D eigenvalue weighted by atomic mass is 9.71. The molecule has 40 heavy (non-hydrogen) atoms. The first-order valence-corrected chi connectivity index (χ1v) is 15.2. The van der Waals surface area contributed by atoms with Crippen molar-refractivity contribution in [2.75, 3.05) is 40.3 Å². The summed E-state index contributed by atoms with van der Waals surface area (Å²) in [4.78, 5) is 39.8. The van der Waals surface area contributed by atoms with Crippen LogP contribution in [0.25, 0.3) is 0 Å². The zero-order valence-electron chi connectivity index (χ0n) is 24.4. The minimum Gasteiger partial charge on any atom is -0.453 e. The van der Waals surface area contributed by atoms with E-state index in [-0.39, 0.29) is 23.9 Å². The van der Waals surface area contributed by atoms with Crippen molar-refractivity contribution in [1.82, 2.24) is 26.2 Å². The van der Waals surface area contributed by atoms with Crippen molar-refractivity contribution < 1.29 is 19.1 Å². The zero-order chi connectivity index (χ0) is 29.0. The van der Waals surface area contributed by atoms with Crippen molar-refractivity contribution in [3.8, 4) is 0 Å². The molecule has 10 heteroatoms. The molecule has 1 aliphatic carbocycles. The molecule has 4 amide bonds. The van der Waals surface area contributed by atoms with E-state index in [0.29, 0.717) is 43.4 Å². The molecule has 1 saturated carbocycles. The summed E-state index contributed by atoms with van der Waals surface area (Å²) in [5.74, 6) is 0.480. The summed E-state index contributed by atoms with van der Waals surface area (Å²) in [5, 5.41) is 13.2. The number of carbonyl (C=O) groups is 3. The fourth-order valence-corrected chi connectivity index (χ4v) is 6.82. The van der Waals surface area contributed by atoms with E-state index < -0.39 is 11.6 Å². The van der Waals surface area contributed by atoms with Crippen LogP contribution in [0.2, 0.25) is 5.02 Å². The van der Waals surface area contributed by atoms with Gasteiger partial charge in [-0.15, -0.1) is 0 Å². The Morgan fingerprint density at radius 2 is 1.93 bits per heavy atom. The van der Waals surface area contributed by atoms with E-state index in [1.54, 1.807) is 0 Å². The quantitative estimate of drug-likeness (QED) is 0.267. The predicted molar refractivity (Wildman–Crippen MR) is 158 cm³/mol. The maximum Gasteiger partial charge on any atom is 0.406 e. The molecule has 4 N–H and O–H groups in total. The highest BCUT2D eigenvalue weighted by Gasteiger charge is 2.43. The minimum absolute atomic E-state index is 0.0337. The molecule has 0 aromatic heterocycles. The summed E-state index contributed by atoms with van der Waals surface area (Å²) in [7, 11) is 3.26. The molecular weight excluding hydrogens is 530 g/mol. The largest absolute Gasteiger partial charge is 0.453 e. The van der Waals surface area contributed by atoms with Crippen molar-refractivity contribution >= 4 is 29.6 Å². The van der Waals surface area contributed by atoms with E-state index in [1.807, 2.05) is 36.2 Å². The van der Waals surface area contributed by atoms with E-state index >= 15 is 0 Å². The number of rotatable bonds is 12. The lowest BCUT2D eigenvalue weighted by molar-refractivity contribution is -0.122. The van der Waals surface area contributed by atoms with E-state index in [4.69, 9.17) is 16.3 Å². The lowest BCUT2D eigenvalue weighted by Crippen LogP contribution is -2.58. The second-order valence-corrected chi connectivity index (χ2v) is 11.9. The Labute approximate surface area is 244 Å². The average molecular weight is 578 g/mol. The summed E-state index contributed by atoms with van der Waals surface area (Å²) in [5.41, 5.74) is 0.158. The first kappa shape index (κ1) is 32.0. The third-order valence-electron chi connectivity index (χ3n) is 8.47. The highest BCUT2D eigenvalue weighted by molar-refractivity contribution is 6.30. The van der Waals surface area contributed by atoms with Gasteiger partial charge in [0.2, 0.25) is 5.91 Å². The molecule has 0 spiro atoms. The topological polar surface area (TPSA) is 112 Å². The monoisotopic (exact) mass is 577 g/mol. The number of likely N-dealkylation sites (N-methyl/N-ethyl adjacent to an activating group) is 1. The van der Waals surface area contributed by atoms with Gasteiger partial charge in [0, 0.05) is 50.1 Å². The van der Waals surface area contributed by atoms with Gasteiger partial charge in [-0.05, 0) is 62.8 Å². The Morgan fingerprint density at radius 1 is 1.15 bits per heavy atom. The summed E-state index contributed by atoms with van der Waals surface area (Å²) in [6.07, 6.45) is 9.73. The summed E-state index contributed by atoms with van der Waals surface area (Å²) < 4.78 is 4.71. The van der Waals surface area contributed by atoms with Crippen molar-refractivity contribution in [1.29, 1.82) is 0 Å². The number of amides is 4. The van der Waals surface area contributed by atoms with Gasteiger partial charge in [-0.3, -0.25) is 4.79 Å². The zero-order valence-corrected chi connectivity index (χ0v) is 25.2. The molecule has 2 fully saturated rings. The molecule has 9 nitrogen and oxygen atoms in total. The van der Waals surface area contributed by atoms with Gasteiger partial charge >= 0.3 is 12.1 Å². The Balaban J connectivity index is 1.79. The fourth-order valence-electron chi connectivity index (χ4n) is 6.63. The first-order chi connectivity index (χ1) is 19.3. The normalized spacial score (nSPS) is 20.2. The standard InChI is InChI=1S/C30H48ClN5O4/c1-22(37)35-30(15-9-16-33-29(39)40-3,24-12-7-14-26(31)19-24)25-13-8-17-36(21-25)28(38)34-27(20-32-2)18-23-10-5-4-6-11-23/h7,12,14,19,23,25,27,32H,4-6,8-11,13,15-18,20-21H2,1-3H3,(H,33,39)(H,34,38)(H,35,37)/t25-,27+,30-/m1/s1. The molecular formula is C30H48ClN5O4. The van der Waals surface area contributed by atoms with Crippen LogP contribution in [0.4, 0.5) is 9.59 Å². The van der Waals surface area contributed by atoms with Crippen LogP contribution in [0, 0.1) is 11.8 Å². The number of urea groups is 1. The van der Waals surface area contributed by atoms with Gasteiger partial charge in [-0.25, -0.2) is 9.59 Å². The van der Waals surface area contributed by atoms with Crippen molar-refractivity contribution in [2.45, 2.75) is 82.7 Å².